The Balaban J connectivity index is 2.33. The summed E-state index contributed by atoms with van der Waals surface area (Å²) >= 11 is 0. The first-order valence-electron chi connectivity index (χ1n) is 4.68. The Morgan fingerprint density at radius 1 is 1.54 bits per heavy atom. The van der Waals surface area contributed by atoms with Gasteiger partial charge >= 0.3 is 0 Å². The van der Waals surface area contributed by atoms with Gasteiger partial charge in [0.1, 0.15) is 29.6 Å². The Hall–Kier alpha value is -0.380. The van der Waals surface area contributed by atoms with Gasteiger partial charge in [-0.2, -0.15) is 0 Å². The average Bonchev–Trinajstić information content (AvgIpc) is 2.02. The highest BCUT2D eigenvalue weighted by Gasteiger charge is 2.18. The summed E-state index contributed by atoms with van der Waals surface area (Å²) in [5, 5.41) is 0. The van der Waals surface area contributed by atoms with Crippen LogP contribution >= 0.6 is 0 Å². The lowest BCUT2D eigenvalue weighted by Crippen LogP contribution is -2.22. The van der Waals surface area contributed by atoms with Gasteiger partial charge in [-0.15, -0.1) is 0 Å². The molecule has 0 saturated heterocycles. The minimum atomic E-state index is -2.76. The quantitative estimate of drug-likeness (QED) is 0.629. The monoisotopic (exact) mass is 204 g/mol. The Morgan fingerprint density at radius 2 is 2.23 bits per heavy atom. The van der Waals surface area contributed by atoms with E-state index in [0.29, 0.717) is 11.7 Å². The first kappa shape index (κ1) is 10.7. The molecule has 0 saturated carbocycles. The smallest absolute Gasteiger partial charge is 0.147 e. The highest BCUT2D eigenvalue weighted by Crippen LogP contribution is 2.15. The van der Waals surface area contributed by atoms with Crippen LogP contribution in [-0.4, -0.2) is 44.8 Å². The molecule has 1 rings (SSSR count). The van der Waals surface area contributed by atoms with Gasteiger partial charge in [0.15, 0.2) is 0 Å². The fourth-order valence-electron chi connectivity index (χ4n) is 1.57. The molecule has 1 unspecified atom stereocenters. The fraction of sp³-hybridized carbons (Fsp3) is 0.889. The van der Waals surface area contributed by atoms with Gasteiger partial charge in [-0.25, -0.2) is 13.0 Å². The highest BCUT2D eigenvalue weighted by atomic mass is 32.2. The SMILES string of the molecule is C[N+]1=CCC(CCS(C)(=O)=O)CC1. The van der Waals surface area contributed by atoms with Crippen molar-refractivity contribution in [3.63, 3.8) is 0 Å². The molecule has 0 bridgehead atoms. The van der Waals surface area contributed by atoms with Crippen molar-refractivity contribution in [2.45, 2.75) is 19.3 Å². The standard InChI is InChI=1S/C9H18NO2S/c1-10-6-3-9(4-7-10)5-8-13(2,11)12/h6,9H,3-5,7-8H2,1-2H3/q+1. The number of hydrogen-bond acceptors (Lipinski definition) is 2. The molecule has 0 radical (unpaired) electrons. The van der Waals surface area contributed by atoms with Crippen molar-refractivity contribution in [1.82, 2.24) is 0 Å². The molecule has 0 spiro atoms. The van der Waals surface area contributed by atoms with E-state index in [0.717, 1.165) is 25.8 Å². The summed E-state index contributed by atoms with van der Waals surface area (Å²) in [6.45, 7) is 1.06. The lowest BCUT2D eigenvalue weighted by molar-refractivity contribution is -0.500. The van der Waals surface area contributed by atoms with Gasteiger partial charge < -0.3 is 0 Å². The van der Waals surface area contributed by atoms with Crippen LogP contribution in [0.3, 0.4) is 0 Å². The molecule has 0 aromatic heterocycles. The summed E-state index contributed by atoms with van der Waals surface area (Å²) in [5.74, 6) is 0.917. The van der Waals surface area contributed by atoms with Crippen LogP contribution in [0, 0.1) is 5.92 Å². The maximum Gasteiger partial charge on any atom is 0.147 e. The van der Waals surface area contributed by atoms with E-state index in [1.165, 1.54) is 6.26 Å². The Bertz CT molecular complexity index is 293. The van der Waals surface area contributed by atoms with E-state index in [2.05, 4.69) is 17.8 Å². The van der Waals surface area contributed by atoms with E-state index in [1.54, 1.807) is 0 Å². The molecule has 4 heteroatoms. The van der Waals surface area contributed by atoms with Gasteiger partial charge in [0.05, 0.1) is 5.75 Å². The third-order valence-electron chi connectivity index (χ3n) is 2.54. The molecule has 0 aliphatic carbocycles. The molecule has 0 aromatic rings. The molecular formula is C9H18NO2S+. The molecule has 1 heterocycles. The van der Waals surface area contributed by atoms with Crippen LogP contribution in [0.1, 0.15) is 19.3 Å². The molecule has 3 nitrogen and oxygen atoms in total. The van der Waals surface area contributed by atoms with Crippen molar-refractivity contribution < 1.29 is 13.0 Å². The molecule has 0 fully saturated rings. The molecule has 76 valence electrons. The Labute approximate surface area is 80.4 Å². The van der Waals surface area contributed by atoms with Gasteiger partial charge in [0, 0.05) is 19.1 Å². The first-order valence-corrected chi connectivity index (χ1v) is 6.75. The van der Waals surface area contributed by atoms with Crippen molar-refractivity contribution in [2.75, 3.05) is 25.6 Å². The van der Waals surface area contributed by atoms with E-state index in [9.17, 15) is 8.42 Å². The number of rotatable bonds is 3. The third-order valence-corrected chi connectivity index (χ3v) is 3.51. The topological polar surface area (TPSA) is 37.1 Å². The zero-order valence-electron chi connectivity index (χ0n) is 8.36. The van der Waals surface area contributed by atoms with E-state index in [1.807, 2.05) is 0 Å². The zero-order valence-corrected chi connectivity index (χ0v) is 9.18. The second-order valence-electron chi connectivity index (χ2n) is 3.97. The lowest BCUT2D eigenvalue weighted by Gasteiger charge is -2.15. The van der Waals surface area contributed by atoms with E-state index in [-0.39, 0.29) is 0 Å². The number of nitrogens with zero attached hydrogens (tertiary/aromatic N) is 1. The Kier molecular flexibility index (Phi) is 3.47. The maximum atomic E-state index is 10.9. The van der Waals surface area contributed by atoms with Crippen molar-refractivity contribution in [3.8, 4) is 0 Å². The molecule has 1 aliphatic rings. The van der Waals surface area contributed by atoms with Gasteiger partial charge in [0.25, 0.3) is 0 Å². The highest BCUT2D eigenvalue weighted by molar-refractivity contribution is 7.90. The van der Waals surface area contributed by atoms with Gasteiger partial charge in [-0.05, 0) is 12.3 Å². The normalized spacial score (nSPS) is 24.2. The van der Waals surface area contributed by atoms with Crippen LogP contribution in [0.2, 0.25) is 0 Å². The molecule has 1 aliphatic heterocycles. The summed E-state index contributed by atoms with van der Waals surface area (Å²) < 4.78 is 24.0. The molecule has 0 N–H and O–H groups in total. The van der Waals surface area contributed by atoms with Gasteiger partial charge in [-0.3, -0.25) is 0 Å². The summed E-state index contributed by atoms with van der Waals surface area (Å²) in [6, 6.07) is 0. The Morgan fingerprint density at radius 3 is 2.69 bits per heavy atom. The van der Waals surface area contributed by atoms with Crippen LogP contribution in [0.15, 0.2) is 0 Å². The summed E-state index contributed by atoms with van der Waals surface area (Å²) in [6.07, 6.45) is 6.46. The minimum absolute atomic E-state index is 0.342. The van der Waals surface area contributed by atoms with Crippen molar-refractivity contribution in [3.05, 3.63) is 0 Å². The first-order chi connectivity index (χ1) is 5.97. The maximum absolute atomic E-state index is 10.9. The van der Waals surface area contributed by atoms with Crippen molar-refractivity contribution >= 4 is 16.1 Å². The number of hydrogen-bond donors (Lipinski definition) is 0. The average molecular weight is 204 g/mol. The van der Waals surface area contributed by atoms with Crippen LogP contribution in [0.5, 0.6) is 0 Å². The lowest BCUT2D eigenvalue weighted by atomic mass is 9.97. The summed E-state index contributed by atoms with van der Waals surface area (Å²) in [4.78, 5) is 0. The molecule has 0 amide bonds. The van der Waals surface area contributed by atoms with Gasteiger partial charge in [-0.1, -0.05) is 0 Å². The van der Waals surface area contributed by atoms with Gasteiger partial charge in [0.2, 0.25) is 0 Å². The van der Waals surface area contributed by atoms with Crippen LogP contribution in [-0.2, 0) is 9.84 Å². The second-order valence-corrected chi connectivity index (χ2v) is 6.23. The van der Waals surface area contributed by atoms with E-state index >= 15 is 0 Å². The molecule has 13 heavy (non-hydrogen) atoms. The predicted molar refractivity (Wildman–Crippen MR) is 54.2 cm³/mol. The number of sulfone groups is 1. The fourth-order valence-corrected chi connectivity index (χ4v) is 2.33. The zero-order chi connectivity index (χ0) is 9.90. The second kappa shape index (κ2) is 4.22. The van der Waals surface area contributed by atoms with E-state index in [4.69, 9.17) is 0 Å². The summed E-state index contributed by atoms with van der Waals surface area (Å²) in [5.41, 5.74) is 0. The van der Waals surface area contributed by atoms with Crippen LogP contribution < -0.4 is 0 Å². The van der Waals surface area contributed by atoms with E-state index < -0.39 is 9.84 Å². The van der Waals surface area contributed by atoms with Crippen LogP contribution in [0.4, 0.5) is 0 Å². The molecule has 1 atom stereocenters. The van der Waals surface area contributed by atoms with Crippen molar-refractivity contribution in [1.29, 1.82) is 0 Å². The minimum Gasteiger partial charge on any atom is -0.242 e. The largest absolute Gasteiger partial charge is 0.242 e. The predicted octanol–water partition coefficient (Wildman–Crippen LogP) is 0.544. The van der Waals surface area contributed by atoms with Crippen molar-refractivity contribution in [2.24, 2.45) is 5.92 Å². The van der Waals surface area contributed by atoms with Crippen LogP contribution in [0.25, 0.3) is 0 Å². The molecular weight excluding hydrogens is 186 g/mol. The third kappa shape index (κ3) is 4.41. The molecule has 0 aromatic carbocycles. The summed E-state index contributed by atoms with van der Waals surface area (Å²) in [7, 11) is -0.702.